The Morgan fingerprint density at radius 2 is 1.92 bits per heavy atom. The van der Waals surface area contributed by atoms with Crippen molar-refractivity contribution in [2.75, 3.05) is 12.3 Å². The molecule has 1 aromatic carbocycles. The molecule has 0 radical (unpaired) electrons. The second kappa shape index (κ2) is 5.99. The zero-order chi connectivity index (χ0) is 17.3. The summed E-state index contributed by atoms with van der Waals surface area (Å²) in [5, 5.41) is 0. The van der Waals surface area contributed by atoms with E-state index in [1.54, 1.807) is 4.90 Å². The van der Waals surface area contributed by atoms with Gasteiger partial charge < -0.3 is 15.4 Å². The van der Waals surface area contributed by atoms with Crippen molar-refractivity contribution >= 4 is 11.7 Å². The lowest BCUT2D eigenvalue weighted by molar-refractivity contribution is -0.274. The van der Waals surface area contributed by atoms with E-state index in [-0.39, 0.29) is 23.8 Å². The second-order valence-corrected chi connectivity index (χ2v) is 5.23. The Kier molecular flexibility index (Phi) is 4.00. The lowest BCUT2D eigenvalue weighted by atomic mass is 10.0. The molecule has 1 amide bonds. The van der Waals surface area contributed by atoms with Crippen LogP contribution in [0.1, 0.15) is 21.6 Å². The summed E-state index contributed by atoms with van der Waals surface area (Å²) < 4.78 is 40.2. The standard InChI is InChI=1S/C15H13F3N4O2/c16-15(17,18)24-10-3-1-9(2-4-10)14(23)22-6-5-11-12(7-22)20-8-21-13(11)19/h1-4,8H,5-7H2,(H2,19,20,21). The number of halogens is 3. The highest BCUT2D eigenvalue weighted by Crippen LogP contribution is 2.25. The molecule has 24 heavy (non-hydrogen) atoms. The predicted molar refractivity (Wildman–Crippen MR) is 78.0 cm³/mol. The summed E-state index contributed by atoms with van der Waals surface area (Å²) in [5.41, 5.74) is 7.56. The number of aromatic nitrogens is 2. The molecule has 0 fully saturated rings. The summed E-state index contributed by atoms with van der Waals surface area (Å²) in [4.78, 5) is 22.1. The van der Waals surface area contributed by atoms with Crippen LogP contribution in [0.15, 0.2) is 30.6 Å². The molecule has 0 aliphatic carbocycles. The van der Waals surface area contributed by atoms with Crippen molar-refractivity contribution in [3.8, 4) is 5.75 Å². The largest absolute Gasteiger partial charge is 0.573 e. The number of ether oxygens (including phenoxy) is 1. The minimum atomic E-state index is -4.76. The minimum absolute atomic E-state index is 0.273. The topological polar surface area (TPSA) is 81.3 Å². The van der Waals surface area contributed by atoms with Gasteiger partial charge in [0.15, 0.2) is 0 Å². The number of rotatable bonds is 2. The predicted octanol–water partition coefficient (Wildman–Crippen LogP) is 2.16. The first-order valence-corrected chi connectivity index (χ1v) is 7.07. The van der Waals surface area contributed by atoms with Crippen LogP contribution in [0.4, 0.5) is 19.0 Å². The lowest BCUT2D eigenvalue weighted by Crippen LogP contribution is -2.36. The quantitative estimate of drug-likeness (QED) is 0.907. The highest BCUT2D eigenvalue weighted by molar-refractivity contribution is 5.94. The monoisotopic (exact) mass is 338 g/mol. The molecule has 6 nitrogen and oxygen atoms in total. The summed E-state index contributed by atoms with van der Waals surface area (Å²) in [6.45, 7) is 0.714. The van der Waals surface area contributed by atoms with E-state index in [2.05, 4.69) is 14.7 Å². The van der Waals surface area contributed by atoms with E-state index >= 15 is 0 Å². The maximum atomic E-state index is 12.5. The number of hydrogen-bond donors (Lipinski definition) is 1. The maximum Gasteiger partial charge on any atom is 0.573 e. The van der Waals surface area contributed by atoms with Crippen LogP contribution in [0.3, 0.4) is 0 Å². The lowest BCUT2D eigenvalue weighted by Gasteiger charge is -2.28. The van der Waals surface area contributed by atoms with Crippen LogP contribution in [0, 0.1) is 0 Å². The van der Waals surface area contributed by atoms with Crippen molar-refractivity contribution in [2.24, 2.45) is 0 Å². The fourth-order valence-corrected chi connectivity index (χ4v) is 2.53. The molecule has 0 bridgehead atoms. The molecule has 9 heteroatoms. The Bertz CT molecular complexity index is 762. The van der Waals surface area contributed by atoms with Gasteiger partial charge in [0.05, 0.1) is 12.2 Å². The van der Waals surface area contributed by atoms with Gasteiger partial charge >= 0.3 is 6.36 Å². The zero-order valence-electron chi connectivity index (χ0n) is 12.4. The number of nitrogens with zero attached hydrogens (tertiary/aromatic N) is 3. The van der Waals surface area contributed by atoms with Crippen molar-refractivity contribution in [1.82, 2.24) is 14.9 Å². The Hall–Kier alpha value is -2.84. The first-order valence-electron chi connectivity index (χ1n) is 7.07. The molecule has 2 heterocycles. The van der Waals surface area contributed by atoms with E-state index in [0.717, 1.165) is 17.7 Å². The van der Waals surface area contributed by atoms with E-state index in [4.69, 9.17) is 5.73 Å². The normalized spacial score (nSPS) is 14.2. The molecule has 1 aliphatic heterocycles. The second-order valence-electron chi connectivity index (χ2n) is 5.23. The Morgan fingerprint density at radius 1 is 1.21 bits per heavy atom. The van der Waals surface area contributed by atoms with Crippen molar-refractivity contribution in [3.63, 3.8) is 0 Å². The van der Waals surface area contributed by atoms with Crippen LogP contribution in [-0.4, -0.2) is 33.7 Å². The molecule has 2 aromatic rings. The molecule has 2 N–H and O–H groups in total. The van der Waals surface area contributed by atoms with Gasteiger partial charge in [0.25, 0.3) is 5.91 Å². The molecule has 3 rings (SSSR count). The third-order valence-corrected chi connectivity index (χ3v) is 3.66. The number of carbonyl (C=O) groups is 1. The van der Waals surface area contributed by atoms with E-state index in [0.29, 0.717) is 24.5 Å². The summed E-state index contributed by atoms with van der Waals surface area (Å²) in [7, 11) is 0. The number of nitrogens with two attached hydrogens (primary N) is 1. The molecular weight excluding hydrogens is 325 g/mol. The number of benzene rings is 1. The smallest absolute Gasteiger partial charge is 0.406 e. The van der Waals surface area contributed by atoms with E-state index in [9.17, 15) is 18.0 Å². The van der Waals surface area contributed by atoms with E-state index in [1.807, 2.05) is 0 Å². The van der Waals surface area contributed by atoms with Crippen LogP contribution in [0.2, 0.25) is 0 Å². The average Bonchev–Trinajstić information content (AvgIpc) is 2.53. The van der Waals surface area contributed by atoms with Crippen LogP contribution >= 0.6 is 0 Å². The summed E-state index contributed by atoms with van der Waals surface area (Å²) in [6.07, 6.45) is -2.89. The van der Waals surface area contributed by atoms with Crippen LogP contribution in [0.5, 0.6) is 5.75 Å². The SMILES string of the molecule is Nc1ncnc2c1CCN(C(=O)c1ccc(OC(F)(F)F)cc1)C2. The van der Waals surface area contributed by atoms with Gasteiger partial charge in [-0.1, -0.05) is 0 Å². The maximum absolute atomic E-state index is 12.5. The summed E-state index contributed by atoms with van der Waals surface area (Å²) in [5.74, 6) is -0.263. The van der Waals surface area contributed by atoms with Crippen molar-refractivity contribution in [2.45, 2.75) is 19.3 Å². The van der Waals surface area contributed by atoms with Gasteiger partial charge in [-0.2, -0.15) is 0 Å². The number of fused-ring (bicyclic) bond motifs is 1. The number of hydrogen-bond acceptors (Lipinski definition) is 5. The molecule has 1 aliphatic rings. The molecule has 1 aromatic heterocycles. The van der Waals surface area contributed by atoms with E-state index in [1.165, 1.54) is 18.5 Å². The summed E-state index contributed by atoms with van der Waals surface area (Å²) >= 11 is 0. The number of amides is 1. The van der Waals surface area contributed by atoms with Crippen LogP contribution in [0.25, 0.3) is 0 Å². The Balaban J connectivity index is 1.73. The molecular formula is C15H13F3N4O2. The van der Waals surface area contributed by atoms with Crippen molar-refractivity contribution in [1.29, 1.82) is 0 Å². The van der Waals surface area contributed by atoms with Gasteiger partial charge in [0, 0.05) is 17.7 Å². The number of alkyl halides is 3. The molecule has 126 valence electrons. The highest BCUT2D eigenvalue weighted by Gasteiger charge is 2.31. The van der Waals surface area contributed by atoms with Crippen LogP contribution < -0.4 is 10.5 Å². The van der Waals surface area contributed by atoms with E-state index < -0.39 is 6.36 Å². The molecule has 0 spiro atoms. The Labute approximate surface area is 135 Å². The molecule has 0 saturated heterocycles. The molecule has 0 saturated carbocycles. The fraction of sp³-hybridized carbons (Fsp3) is 0.267. The van der Waals surface area contributed by atoms with Gasteiger partial charge in [-0.15, -0.1) is 13.2 Å². The molecule has 0 unspecified atom stereocenters. The van der Waals surface area contributed by atoms with Gasteiger partial charge in [0.1, 0.15) is 17.9 Å². The van der Waals surface area contributed by atoms with Gasteiger partial charge in [-0.25, -0.2) is 9.97 Å². The highest BCUT2D eigenvalue weighted by atomic mass is 19.4. The average molecular weight is 338 g/mol. The summed E-state index contributed by atoms with van der Waals surface area (Å²) in [6, 6.07) is 4.82. The fourth-order valence-electron chi connectivity index (χ4n) is 2.53. The zero-order valence-corrected chi connectivity index (χ0v) is 12.4. The third-order valence-electron chi connectivity index (χ3n) is 3.66. The van der Waals surface area contributed by atoms with Gasteiger partial charge in [0.2, 0.25) is 0 Å². The van der Waals surface area contributed by atoms with Crippen molar-refractivity contribution in [3.05, 3.63) is 47.4 Å². The minimum Gasteiger partial charge on any atom is -0.406 e. The molecule has 0 atom stereocenters. The first kappa shape index (κ1) is 16.0. The number of anilines is 1. The first-order chi connectivity index (χ1) is 11.3. The number of nitrogen functional groups attached to an aromatic ring is 1. The van der Waals surface area contributed by atoms with Crippen LogP contribution in [-0.2, 0) is 13.0 Å². The van der Waals surface area contributed by atoms with Gasteiger partial charge in [-0.05, 0) is 30.7 Å². The Morgan fingerprint density at radius 3 is 2.58 bits per heavy atom. The van der Waals surface area contributed by atoms with Crippen molar-refractivity contribution < 1.29 is 22.7 Å². The number of carbonyl (C=O) groups excluding carboxylic acids is 1. The third kappa shape index (κ3) is 3.39. The van der Waals surface area contributed by atoms with Gasteiger partial charge in [-0.3, -0.25) is 4.79 Å².